The number of ether oxygens (including phenoxy) is 1. The second-order valence-corrected chi connectivity index (χ2v) is 7.53. The van der Waals surface area contributed by atoms with E-state index in [1.165, 1.54) is 12.2 Å². The van der Waals surface area contributed by atoms with Crippen molar-refractivity contribution in [3.05, 3.63) is 71.8 Å². The molecular weight excluding hydrogens is 345 g/mol. The highest BCUT2D eigenvalue weighted by atomic mass is 19.1. The fourth-order valence-electron chi connectivity index (χ4n) is 3.57. The molecule has 1 unspecified atom stereocenters. The highest BCUT2D eigenvalue weighted by Crippen LogP contribution is 2.30. The number of fused-ring (bicyclic) bond motifs is 1. The van der Waals surface area contributed by atoms with Crippen LogP contribution in [0.15, 0.2) is 60.5 Å². The van der Waals surface area contributed by atoms with Gasteiger partial charge in [-0.05, 0) is 50.6 Å². The van der Waals surface area contributed by atoms with Crippen molar-refractivity contribution in [3.8, 4) is 5.75 Å². The molecule has 0 radical (unpaired) electrons. The zero-order valence-corrected chi connectivity index (χ0v) is 15.4. The van der Waals surface area contributed by atoms with E-state index >= 15 is 0 Å². The first-order valence-corrected chi connectivity index (χ1v) is 9.06. The van der Waals surface area contributed by atoms with Crippen LogP contribution in [0.25, 0.3) is 0 Å². The van der Waals surface area contributed by atoms with Gasteiger partial charge >= 0.3 is 0 Å². The molecule has 1 aromatic carbocycles. The number of para-hydroxylation sites is 1. The molecule has 6 heteroatoms. The maximum absolute atomic E-state index is 13.3. The van der Waals surface area contributed by atoms with Crippen molar-refractivity contribution < 1.29 is 13.9 Å². The van der Waals surface area contributed by atoms with Crippen LogP contribution in [0.5, 0.6) is 5.75 Å². The lowest BCUT2D eigenvalue weighted by Gasteiger charge is -2.42. The Morgan fingerprint density at radius 3 is 2.78 bits per heavy atom. The van der Waals surface area contributed by atoms with E-state index in [-0.39, 0.29) is 23.3 Å². The molecule has 0 bridgehead atoms. The van der Waals surface area contributed by atoms with E-state index in [1.54, 1.807) is 21.7 Å². The van der Waals surface area contributed by atoms with E-state index in [9.17, 15) is 9.18 Å². The van der Waals surface area contributed by atoms with Gasteiger partial charge in [0.1, 0.15) is 29.6 Å². The van der Waals surface area contributed by atoms with Gasteiger partial charge in [-0.1, -0.05) is 24.3 Å². The standard InChI is InChI=1S/C21H22FN3O2/c1-21(2)14-24(17-10-8-15(22)9-11-17)20(26)19-12-16(23-25(19)21)13-27-18-6-4-3-5-7-18/h3-10,12,17H,11,13-14H2,1-2H3. The van der Waals surface area contributed by atoms with Gasteiger partial charge in [0.25, 0.3) is 5.91 Å². The smallest absolute Gasteiger partial charge is 0.272 e. The van der Waals surface area contributed by atoms with E-state index in [4.69, 9.17) is 4.74 Å². The van der Waals surface area contributed by atoms with Crippen LogP contribution < -0.4 is 4.74 Å². The lowest BCUT2D eigenvalue weighted by atomic mass is 9.97. The lowest BCUT2D eigenvalue weighted by molar-refractivity contribution is 0.0510. The molecule has 0 N–H and O–H groups in total. The van der Waals surface area contributed by atoms with Crippen LogP contribution in [-0.4, -0.2) is 33.2 Å². The van der Waals surface area contributed by atoms with Crippen molar-refractivity contribution in [1.29, 1.82) is 0 Å². The molecule has 2 aromatic rings. The number of benzene rings is 1. The molecule has 0 saturated heterocycles. The highest BCUT2D eigenvalue weighted by Gasteiger charge is 2.40. The van der Waals surface area contributed by atoms with Crippen molar-refractivity contribution >= 4 is 5.91 Å². The van der Waals surface area contributed by atoms with Gasteiger partial charge in [-0.2, -0.15) is 5.10 Å². The quantitative estimate of drug-likeness (QED) is 0.825. The number of allylic oxidation sites excluding steroid dienone is 2. The molecule has 0 saturated carbocycles. The molecule has 1 atom stereocenters. The normalized spacial score (nSPS) is 21.0. The maximum Gasteiger partial charge on any atom is 0.272 e. The van der Waals surface area contributed by atoms with Gasteiger partial charge in [-0.3, -0.25) is 9.48 Å². The second kappa shape index (κ2) is 6.68. The van der Waals surface area contributed by atoms with Crippen LogP contribution in [0.4, 0.5) is 4.39 Å². The number of amides is 1. The van der Waals surface area contributed by atoms with Crippen molar-refractivity contribution in [2.24, 2.45) is 0 Å². The third-order valence-corrected chi connectivity index (χ3v) is 4.93. The predicted octanol–water partition coefficient (Wildman–Crippen LogP) is 3.83. The summed E-state index contributed by atoms with van der Waals surface area (Å²) < 4.78 is 20.8. The summed E-state index contributed by atoms with van der Waals surface area (Å²) in [5, 5.41) is 4.61. The summed E-state index contributed by atoms with van der Waals surface area (Å²) >= 11 is 0. The number of carbonyl (C=O) groups is 1. The monoisotopic (exact) mass is 367 g/mol. The molecule has 0 fully saturated rings. The van der Waals surface area contributed by atoms with Gasteiger partial charge in [-0.25, -0.2) is 4.39 Å². The second-order valence-electron chi connectivity index (χ2n) is 7.53. The average Bonchev–Trinajstić information content (AvgIpc) is 3.11. The van der Waals surface area contributed by atoms with E-state index in [0.29, 0.717) is 31.0 Å². The molecule has 1 aliphatic carbocycles. The Morgan fingerprint density at radius 1 is 1.30 bits per heavy atom. The Morgan fingerprint density at radius 2 is 2.07 bits per heavy atom. The van der Waals surface area contributed by atoms with Gasteiger partial charge in [0.2, 0.25) is 0 Å². The summed E-state index contributed by atoms with van der Waals surface area (Å²) in [6.07, 6.45) is 5.20. The predicted molar refractivity (Wildman–Crippen MR) is 100 cm³/mol. The first-order valence-electron chi connectivity index (χ1n) is 9.06. The molecular formula is C21H22FN3O2. The lowest BCUT2D eigenvalue weighted by Crippen LogP contribution is -2.54. The van der Waals surface area contributed by atoms with Crippen LogP contribution in [0.2, 0.25) is 0 Å². The topological polar surface area (TPSA) is 47.4 Å². The average molecular weight is 367 g/mol. The van der Waals surface area contributed by atoms with Crippen LogP contribution in [0, 0.1) is 0 Å². The van der Waals surface area contributed by atoms with Gasteiger partial charge in [0.15, 0.2) is 0 Å². The Labute approximate surface area is 157 Å². The molecule has 1 aliphatic heterocycles. The molecule has 1 amide bonds. The molecule has 140 valence electrons. The van der Waals surface area contributed by atoms with Gasteiger partial charge < -0.3 is 9.64 Å². The van der Waals surface area contributed by atoms with Crippen LogP contribution in [0.1, 0.15) is 36.5 Å². The van der Waals surface area contributed by atoms with Crippen LogP contribution in [0.3, 0.4) is 0 Å². The van der Waals surface area contributed by atoms with Crippen molar-refractivity contribution in [2.75, 3.05) is 6.54 Å². The summed E-state index contributed by atoms with van der Waals surface area (Å²) in [7, 11) is 0. The Kier molecular flexibility index (Phi) is 4.34. The third kappa shape index (κ3) is 3.39. The number of aromatic nitrogens is 2. The molecule has 2 aliphatic rings. The van der Waals surface area contributed by atoms with E-state index < -0.39 is 0 Å². The summed E-state index contributed by atoms with van der Waals surface area (Å²) in [4.78, 5) is 14.9. The Balaban J connectivity index is 1.57. The summed E-state index contributed by atoms with van der Waals surface area (Å²) in [6, 6.07) is 11.2. The molecule has 0 spiro atoms. The van der Waals surface area contributed by atoms with Crippen LogP contribution in [-0.2, 0) is 12.1 Å². The number of hydrogen-bond acceptors (Lipinski definition) is 3. The zero-order chi connectivity index (χ0) is 19.0. The minimum absolute atomic E-state index is 0.0851. The molecule has 1 aromatic heterocycles. The highest BCUT2D eigenvalue weighted by molar-refractivity contribution is 5.94. The molecule has 27 heavy (non-hydrogen) atoms. The number of hydrogen-bond donors (Lipinski definition) is 0. The van der Waals surface area contributed by atoms with Gasteiger partial charge in [-0.15, -0.1) is 0 Å². The zero-order valence-electron chi connectivity index (χ0n) is 15.4. The SMILES string of the molecule is CC1(C)CN(C2C=CC(F)=CC2)C(=O)c2cc(COc3ccccc3)nn21. The fraction of sp³-hybridized carbons (Fsp3) is 0.333. The molecule has 4 rings (SSSR count). The summed E-state index contributed by atoms with van der Waals surface area (Å²) in [5.74, 6) is 0.426. The Hall–Kier alpha value is -2.89. The molecule has 5 nitrogen and oxygen atoms in total. The van der Waals surface area contributed by atoms with Crippen LogP contribution >= 0.6 is 0 Å². The number of nitrogens with zero attached hydrogens (tertiary/aromatic N) is 3. The number of rotatable bonds is 4. The van der Waals surface area contributed by atoms with Crippen molar-refractivity contribution in [1.82, 2.24) is 14.7 Å². The largest absolute Gasteiger partial charge is 0.487 e. The maximum atomic E-state index is 13.3. The summed E-state index contributed by atoms with van der Waals surface area (Å²) in [6.45, 7) is 4.91. The Bertz CT molecular complexity index is 915. The third-order valence-electron chi connectivity index (χ3n) is 4.93. The molecule has 2 heterocycles. The first-order chi connectivity index (χ1) is 12.9. The fourth-order valence-corrected chi connectivity index (χ4v) is 3.57. The van der Waals surface area contributed by atoms with E-state index in [0.717, 1.165) is 5.75 Å². The van der Waals surface area contributed by atoms with E-state index in [2.05, 4.69) is 5.10 Å². The number of halogens is 1. The van der Waals surface area contributed by atoms with Gasteiger partial charge in [0, 0.05) is 6.54 Å². The minimum Gasteiger partial charge on any atom is -0.487 e. The number of carbonyl (C=O) groups excluding carboxylic acids is 1. The summed E-state index contributed by atoms with van der Waals surface area (Å²) in [5.41, 5.74) is 0.894. The first kappa shape index (κ1) is 17.5. The van der Waals surface area contributed by atoms with E-state index in [1.807, 2.05) is 44.2 Å². The van der Waals surface area contributed by atoms with Crippen molar-refractivity contribution in [3.63, 3.8) is 0 Å². The minimum atomic E-state index is -0.359. The van der Waals surface area contributed by atoms with Gasteiger partial charge in [0.05, 0.1) is 11.6 Å². The van der Waals surface area contributed by atoms with Crippen molar-refractivity contribution in [2.45, 2.75) is 38.5 Å².